The van der Waals surface area contributed by atoms with Crippen molar-refractivity contribution in [1.29, 1.82) is 0 Å². The van der Waals surface area contributed by atoms with Crippen LogP contribution in [0.4, 0.5) is 0 Å². The van der Waals surface area contributed by atoms with Gasteiger partial charge in [-0.15, -0.1) is 0 Å². The second kappa shape index (κ2) is 7.34. The van der Waals surface area contributed by atoms with Gasteiger partial charge in [-0.25, -0.2) is 0 Å². The molecule has 1 aliphatic carbocycles. The number of hydrogen-bond acceptors (Lipinski definition) is 3. The molecule has 0 bridgehead atoms. The normalized spacial score (nSPS) is 25.8. The molecule has 3 rings (SSSR count). The Morgan fingerprint density at radius 3 is 2.21 bits per heavy atom. The highest BCUT2D eigenvalue weighted by molar-refractivity contribution is 5.83. The second-order valence-corrected chi connectivity index (χ2v) is 7.11. The highest BCUT2D eigenvalue weighted by Gasteiger charge is 2.38. The van der Waals surface area contributed by atoms with Crippen molar-refractivity contribution in [3.8, 4) is 0 Å². The zero-order valence-corrected chi connectivity index (χ0v) is 13.8. The standard InChI is InChI=1S/C19H25NO4/c21-17(20-11-14-8-4-5-9-15(14)12-20)10-16(19(23)24)18(22)13-6-2-1-3-7-13/h1-3,6-7,14-16,18,22H,4-5,8-12H2,(H,23,24)/t14-,15+,16?,18?. The highest BCUT2D eigenvalue weighted by atomic mass is 16.4. The van der Waals surface area contributed by atoms with Gasteiger partial charge in [0, 0.05) is 19.5 Å². The number of fused-ring (bicyclic) bond motifs is 1. The van der Waals surface area contributed by atoms with Gasteiger partial charge >= 0.3 is 5.97 Å². The van der Waals surface area contributed by atoms with Crippen molar-refractivity contribution in [3.05, 3.63) is 35.9 Å². The Bertz CT molecular complexity index is 574. The maximum atomic E-state index is 12.6. The third-order valence-corrected chi connectivity index (χ3v) is 5.56. The lowest BCUT2D eigenvalue weighted by atomic mass is 9.82. The first-order valence-corrected chi connectivity index (χ1v) is 8.80. The van der Waals surface area contributed by atoms with Crippen molar-refractivity contribution >= 4 is 11.9 Å². The van der Waals surface area contributed by atoms with Crippen LogP contribution >= 0.6 is 0 Å². The summed E-state index contributed by atoms with van der Waals surface area (Å²) in [4.78, 5) is 26.0. The molecular weight excluding hydrogens is 306 g/mol. The molecule has 2 unspecified atom stereocenters. The Labute approximate surface area is 142 Å². The van der Waals surface area contributed by atoms with Gasteiger partial charge < -0.3 is 15.1 Å². The number of carboxylic acid groups (broad SMARTS) is 1. The monoisotopic (exact) mass is 331 g/mol. The van der Waals surface area contributed by atoms with Crippen molar-refractivity contribution < 1.29 is 19.8 Å². The minimum atomic E-state index is -1.17. The lowest BCUT2D eigenvalue weighted by Crippen LogP contribution is -2.34. The van der Waals surface area contributed by atoms with E-state index in [2.05, 4.69) is 0 Å². The Hall–Kier alpha value is -1.88. The fourth-order valence-electron chi connectivity index (χ4n) is 4.14. The number of aliphatic hydroxyl groups excluding tert-OH is 1. The number of hydrogen-bond donors (Lipinski definition) is 2. The molecule has 0 spiro atoms. The molecule has 2 N–H and O–H groups in total. The molecule has 1 aromatic rings. The van der Waals surface area contributed by atoms with Gasteiger partial charge in [0.2, 0.25) is 5.91 Å². The Morgan fingerprint density at radius 1 is 1.08 bits per heavy atom. The number of carbonyl (C=O) groups excluding carboxylic acids is 1. The molecule has 1 aromatic carbocycles. The van der Waals surface area contributed by atoms with E-state index in [9.17, 15) is 19.8 Å². The summed E-state index contributed by atoms with van der Waals surface area (Å²) in [7, 11) is 0. The van der Waals surface area contributed by atoms with E-state index in [0.29, 0.717) is 17.4 Å². The minimum Gasteiger partial charge on any atom is -0.481 e. The van der Waals surface area contributed by atoms with Crippen LogP contribution in [0.1, 0.15) is 43.8 Å². The minimum absolute atomic E-state index is 0.146. The Balaban J connectivity index is 1.65. The fourth-order valence-corrected chi connectivity index (χ4v) is 4.14. The quantitative estimate of drug-likeness (QED) is 0.869. The number of likely N-dealkylation sites (tertiary alicyclic amines) is 1. The number of benzene rings is 1. The number of carboxylic acids is 1. The molecule has 24 heavy (non-hydrogen) atoms. The van der Waals surface area contributed by atoms with E-state index in [1.165, 1.54) is 25.7 Å². The maximum Gasteiger partial charge on any atom is 0.310 e. The molecule has 0 radical (unpaired) electrons. The Morgan fingerprint density at radius 2 is 1.67 bits per heavy atom. The van der Waals surface area contributed by atoms with Crippen LogP contribution in [0.3, 0.4) is 0 Å². The van der Waals surface area contributed by atoms with E-state index in [0.717, 1.165) is 13.1 Å². The van der Waals surface area contributed by atoms with Crippen molar-refractivity contribution in [1.82, 2.24) is 4.90 Å². The summed E-state index contributed by atoms with van der Waals surface area (Å²) in [5.74, 6) is -1.24. The predicted octanol–water partition coefficient (Wildman–Crippen LogP) is 2.46. The predicted molar refractivity (Wildman–Crippen MR) is 89.2 cm³/mol. The molecule has 0 aromatic heterocycles. The van der Waals surface area contributed by atoms with Crippen LogP contribution in [0.2, 0.25) is 0 Å². The van der Waals surface area contributed by atoms with Crippen molar-refractivity contribution in [2.75, 3.05) is 13.1 Å². The van der Waals surface area contributed by atoms with Crippen LogP contribution in [-0.4, -0.2) is 40.1 Å². The Kier molecular flexibility index (Phi) is 5.19. The SMILES string of the molecule is O=C(O)C(CC(=O)N1C[C@H]2CCCC[C@H]2C1)C(O)c1ccccc1. The molecule has 1 saturated carbocycles. The zero-order chi connectivity index (χ0) is 17.1. The molecule has 1 aliphatic heterocycles. The number of rotatable bonds is 5. The van der Waals surface area contributed by atoms with Crippen molar-refractivity contribution in [3.63, 3.8) is 0 Å². The third-order valence-electron chi connectivity index (χ3n) is 5.56. The summed E-state index contributed by atoms with van der Waals surface area (Å²) in [5, 5.41) is 19.9. The fraction of sp³-hybridized carbons (Fsp3) is 0.579. The molecule has 5 nitrogen and oxygen atoms in total. The lowest BCUT2D eigenvalue weighted by molar-refractivity contribution is -0.150. The molecular formula is C19H25NO4. The van der Waals surface area contributed by atoms with Crippen molar-refractivity contribution in [2.45, 2.75) is 38.2 Å². The van der Waals surface area contributed by atoms with E-state index < -0.39 is 18.0 Å². The summed E-state index contributed by atoms with van der Waals surface area (Å²) in [6.45, 7) is 1.49. The summed E-state index contributed by atoms with van der Waals surface area (Å²) in [6, 6.07) is 8.70. The molecule has 1 saturated heterocycles. The summed E-state index contributed by atoms with van der Waals surface area (Å²) >= 11 is 0. The first-order chi connectivity index (χ1) is 11.6. The number of carbonyl (C=O) groups is 2. The van der Waals surface area contributed by atoms with Gasteiger partial charge in [-0.1, -0.05) is 43.2 Å². The van der Waals surface area contributed by atoms with Crippen LogP contribution in [0.5, 0.6) is 0 Å². The van der Waals surface area contributed by atoms with Crippen LogP contribution in [0, 0.1) is 17.8 Å². The van der Waals surface area contributed by atoms with Crippen LogP contribution in [0.25, 0.3) is 0 Å². The smallest absolute Gasteiger partial charge is 0.310 e. The first-order valence-electron chi connectivity index (χ1n) is 8.80. The molecule has 130 valence electrons. The highest BCUT2D eigenvalue weighted by Crippen LogP contribution is 2.37. The van der Waals surface area contributed by atoms with E-state index in [4.69, 9.17) is 0 Å². The summed E-state index contributed by atoms with van der Waals surface area (Å²) in [6.07, 6.45) is 3.48. The number of nitrogens with zero attached hydrogens (tertiary/aromatic N) is 1. The van der Waals surface area contributed by atoms with Crippen LogP contribution < -0.4 is 0 Å². The summed E-state index contributed by atoms with van der Waals surface area (Å²) in [5.41, 5.74) is 0.535. The van der Waals surface area contributed by atoms with Gasteiger partial charge in [0.25, 0.3) is 0 Å². The van der Waals surface area contributed by atoms with Gasteiger partial charge in [-0.3, -0.25) is 9.59 Å². The van der Waals surface area contributed by atoms with Gasteiger partial charge in [-0.05, 0) is 30.2 Å². The van der Waals surface area contributed by atoms with Crippen LogP contribution in [-0.2, 0) is 9.59 Å². The average Bonchev–Trinajstić information content (AvgIpc) is 3.03. The van der Waals surface area contributed by atoms with E-state index in [-0.39, 0.29) is 12.3 Å². The van der Waals surface area contributed by atoms with Gasteiger partial charge in [-0.2, -0.15) is 0 Å². The van der Waals surface area contributed by atoms with Gasteiger partial charge in [0.05, 0.1) is 12.0 Å². The van der Waals surface area contributed by atoms with Gasteiger partial charge in [0.1, 0.15) is 0 Å². The van der Waals surface area contributed by atoms with E-state index in [1.807, 2.05) is 11.0 Å². The first kappa shape index (κ1) is 17.0. The number of aliphatic carboxylic acids is 1. The van der Waals surface area contributed by atoms with E-state index >= 15 is 0 Å². The number of aliphatic hydroxyl groups is 1. The molecule has 4 atom stereocenters. The second-order valence-electron chi connectivity index (χ2n) is 7.11. The van der Waals surface area contributed by atoms with Gasteiger partial charge in [0.15, 0.2) is 0 Å². The molecule has 1 amide bonds. The molecule has 2 aliphatic rings. The lowest BCUT2D eigenvalue weighted by Gasteiger charge is -2.22. The third kappa shape index (κ3) is 3.61. The van der Waals surface area contributed by atoms with Crippen molar-refractivity contribution in [2.24, 2.45) is 17.8 Å². The molecule has 2 fully saturated rings. The number of amides is 1. The average molecular weight is 331 g/mol. The largest absolute Gasteiger partial charge is 0.481 e. The van der Waals surface area contributed by atoms with E-state index in [1.54, 1.807) is 24.3 Å². The molecule has 5 heteroatoms. The van der Waals surface area contributed by atoms with Crippen LogP contribution in [0.15, 0.2) is 30.3 Å². The zero-order valence-electron chi connectivity index (χ0n) is 13.8. The topological polar surface area (TPSA) is 77.8 Å². The summed E-state index contributed by atoms with van der Waals surface area (Å²) < 4.78 is 0. The maximum absolute atomic E-state index is 12.6. The molecule has 1 heterocycles.